The Morgan fingerprint density at radius 2 is 1.51 bits per heavy atom. The molecule has 1 radical (unpaired) electrons. The van der Waals surface area contributed by atoms with Crippen LogP contribution in [0.5, 0.6) is 0 Å². The van der Waals surface area contributed by atoms with Crippen molar-refractivity contribution in [2.24, 2.45) is 16.7 Å². The number of ketones is 1. The molecule has 1 N–H and O–H groups in total. The Morgan fingerprint density at radius 1 is 0.911 bits per heavy atom. The summed E-state index contributed by atoms with van der Waals surface area (Å²) in [5.41, 5.74) is 8.27. The van der Waals surface area contributed by atoms with Gasteiger partial charge in [0.1, 0.15) is 0 Å². The van der Waals surface area contributed by atoms with E-state index < -0.39 is 0 Å². The minimum absolute atomic E-state index is 0. The van der Waals surface area contributed by atoms with Gasteiger partial charge in [0, 0.05) is 48.6 Å². The monoisotopic (exact) mass is 785 g/mol. The number of aliphatic hydroxyl groups excluding tert-OH is 1. The number of rotatable bonds is 9. The summed E-state index contributed by atoms with van der Waals surface area (Å²) in [6.07, 6.45) is 5.86. The van der Waals surface area contributed by atoms with Gasteiger partial charge in [0.05, 0.1) is 11.3 Å². The van der Waals surface area contributed by atoms with Crippen LogP contribution in [0.1, 0.15) is 103 Å². The van der Waals surface area contributed by atoms with E-state index in [1.807, 2.05) is 34.6 Å². The molecule has 3 aromatic carbocycles. The van der Waals surface area contributed by atoms with Crippen molar-refractivity contribution in [2.45, 2.75) is 108 Å². The van der Waals surface area contributed by atoms with Crippen LogP contribution in [0.25, 0.3) is 32.9 Å². The second-order valence-corrected chi connectivity index (χ2v) is 14.0. The van der Waals surface area contributed by atoms with Gasteiger partial charge < -0.3 is 5.11 Å². The summed E-state index contributed by atoms with van der Waals surface area (Å²) in [5, 5.41) is 13.6. The van der Waals surface area contributed by atoms with E-state index in [1.165, 1.54) is 44.5 Å². The molecular formula is C41H54IrNO2-. The van der Waals surface area contributed by atoms with Crippen LogP contribution in [0.2, 0.25) is 0 Å². The molecule has 0 saturated carbocycles. The van der Waals surface area contributed by atoms with Gasteiger partial charge in [-0.05, 0) is 81.0 Å². The number of carbonyl (C=O) groups is 1. The van der Waals surface area contributed by atoms with Gasteiger partial charge in [-0.1, -0.05) is 96.7 Å². The molecule has 0 aliphatic carbocycles. The van der Waals surface area contributed by atoms with Crippen molar-refractivity contribution in [1.29, 1.82) is 0 Å². The molecule has 45 heavy (non-hydrogen) atoms. The molecule has 4 rings (SSSR count). The van der Waals surface area contributed by atoms with E-state index >= 15 is 0 Å². The Hall–Kier alpha value is -2.81. The average molecular weight is 785 g/mol. The molecule has 0 atom stereocenters. The molecule has 1 heterocycles. The van der Waals surface area contributed by atoms with Crippen LogP contribution in [-0.4, -0.2) is 15.9 Å². The summed E-state index contributed by atoms with van der Waals surface area (Å²) in [7, 11) is 0. The zero-order valence-corrected chi connectivity index (χ0v) is 31.8. The Morgan fingerprint density at radius 3 is 2.09 bits per heavy atom. The summed E-state index contributed by atoms with van der Waals surface area (Å²) < 4.78 is 0. The van der Waals surface area contributed by atoms with Crippen LogP contribution in [-0.2, 0) is 31.3 Å². The van der Waals surface area contributed by atoms with Crippen LogP contribution < -0.4 is 0 Å². The van der Waals surface area contributed by atoms with Crippen molar-refractivity contribution < 1.29 is 30.0 Å². The summed E-state index contributed by atoms with van der Waals surface area (Å²) in [6.45, 7) is 23.4. The quantitative estimate of drug-likeness (QED) is 0.104. The average Bonchev–Trinajstić information content (AvgIpc) is 2.96. The fourth-order valence-electron chi connectivity index (χ4n) is 6.02. The first-order valence-corrected chi connectivity index (χ1v) is 16.4. The number of aryl methyl sites for hydroxylation is 3. The SMILES string of the molecule is CCC(CC)/C(O)=C/C(=O)C(C)(CC)CC.Cc1cc(C)c2c(C)cc(-c3[c-]c4ccccc4c(CC(C)(C)C)c3)nc2c1.[Ir]. The van der Waals surface area contributed by atoms with Gasteiger partial charge in [-0.2, -0.15) is 0 Å². The number of aliphatic hydroxyl groups is 1. The molecule has 4 heteroatoms. The zero-order valence-electron chi connectivity index (χ0n) is 29.4. The van der Waals surface area contributed by atoms with Gasteiger partial charge in [0.2, 0.25) is 0 Å². The Bertz CT molecular complexity index is 1640. The number of carbonyl (C=O) groups excluding carboxylic acids is 1. The first-order chi connectivity index (χ1) is 20.7. The van der Waals surface area contributed by atoms with Gasteiger partial charge in [-0.25, -0.2) is 0 Å². The first kappa shape index (κ1) is 38.4. The fourth-order valence-corrected chi connectivity index (χ4v) is 6.02. The van der Waals surface area contributed by atoms with Crippen molar-refractivity contribution in [3.05, 3.63) is 88.7 Å². The number of nitrogens with zero attached hydrogens (tertiary/aromatic N) is 1. The molecular weight excluding hydrogens is 731 g/mol. The molecule has 0 aliphatic heterocycles. The maximum absolute atomic E-state index is 12.0. The van der Waals surface area contributed by atoms with Crippen molar-refractivity contribution in [2.75, 3.05) is 0 Å². The van der Waals surface area contributed by atoms with Crippen LogP contribution >= 0.6 is 0 Å². The minimum Gasteiger partial charge on any atom is -0.512 e. The van der Waals surface area contributed by atoms with E-state index in [4.69, 9.17) is 4.98 Å². The third kappa shape index (κ3) is 9.60. The molecule has 0 unspecified atom stereocenters. The Kier molecular flexibility index (Phi) is 13.8. The summed E-state index contributed by atoms with van der Waals surface area (Å²) >= 11 is 0. The van der Waals surface area contributed by atoms with Crippen molar-refractivity contribution in [1.82, 2.24) is 4.98 Å². The van der Waals surface area contributed by atoms with Crippen LogP contribution in [0.4, 0.5) is 0 Å². The largest absolute Gasteiger partial charge is 0.512 e. The molecule has 4 aromatic rings. The van der Waals surface area contributed by atoms with Crippen molar-refractivity contribution in [3.8, 4) is 11.3 Å². The summed E-state index contributed by atoms with van der Waals surface area (Å²) in [4.78, 5) is 17.1. The van der Waals surface area contributed by atoms with E-state index in [9.17, 15) is 9.90 Å². The number of hydrogen-bond donors (Lipinski definition) is 1. The van der Waals surface area contributed by atoms with Gasteiger partial charge in [-0.3, -0.25) is 9.78 Å². The number of hydrogen-bond acceptors (Lipinski definition) is 3. The summed E-state index contributed by atoms with van der Waals surface area (Å²) in [5.74, 6) is 0.437. The number of benzene rings is 3. The second-order valence-electron chi connectivity index (χ2n) is 14.0. The van der Waals surface area contributed by atoms with Crippen LogP contribution in [0, 0.1) is 43.6 Å². The van der Waals surface area contributed by atoms with E-state index in [1.54, 1.807) is 0 Å². The number of pyridine rings is 1. The van der Waals surface area contributed by atoms with Crippen LogP contribution in [0.15, 0.2) is 60.4 Å². The van der Waals surface area contributed by atoms with E-state index in [0.29, 0.717) is 0 Å². The van der Waals surface area contributed by atoms with Gasteiger partial charge in [-0.15, -0.1) is 29.1 Å². The maximum atomic E-state index is 12.0. The van der Waals surface area contributed by atoms with Gasteiger partial charge in [0.15, 0.2) is 5.78 Å². The smallest absolute Gasteiger partial charge is 0.164 e. The van der Waals surface area contributed by atoms with E-state index in [0.717, 1.165) is 48.9 Å². The van der Waals surface area contributed by atoms with Crippen molar-refractivity contribution in [3.63, 3.8) is 0 Å². The molecule has 0 fully saturated rings. The Balaban J connectivity index is 0.000000359. The van der Waals surface area contributed by atoms with Crippen molar-refractivity contribution >= 4 is 27.5 Å². The predicted molar refractivity (Wildman–Crippen MR) is 189 cm³/mol. The van der Waals surface area contributed by atoms with Crippen LogP contribution in [0.3, 0.4) is 0 Å². The first-order valence-electron chi connectivity index (χ1n) is 16.4. The van der Waals surface area contributed by atoms with Gasteiger partial charge in [0.25, 0.3) is 0 Å². The number of allylic oxidation sites excluding steroid dienone is 2. The third-order valence-corrected chi connectivity index (χ3v) is 9.14. The molecule has 0 bridgehead atoms. The molecule has 0 amide bonds. The molecule has 0 spiro atoms. The maximum Gasteiger partial charge on any atom is 0.164 e. The topological polar surface area (TPSA) is 50.2 Å². The Labute approximate surface area is 286 Å². The summed E-state index contributed by atoms with van der Waals surface area (Å²) in [6, 6.07) is 21.1. The predicted octanol–water partition coefficient (Wildman–Crippen LogP) is 11.6. The van der Waals surface area contributed by atoms with Gasteiger partial charge >= 0.3 is 0 Å². The van der Waals surface area contributed by atoms with E-state index in [-0.39, 0.29) is 48.4 Å². The number of aromatic nitrogens is 1. The molecule has 3 nitrogen and oxygen atoms in total. The normalized spacial score (nSPS) is 12.2. The molecule has 1 aromatic heterocycles. The number of fused-ring (bicyclic) bond motifs is 2. The fraction of sp³-hybridized carbons (Fsp3) is 0.463. The third-order valence-electron chi connectivity index (χ3n) is 9.14. The second kappa shape index (κ2) is 16.1. The zero-order chi connectivity index (χ0) is 32.8. The minimum atomic E-state index is -0.319. The molecule has 245 valence electrons. The van der Waals surface area contributed by atoms with E-state index in [2.05, 4.69) is 96.1 Å². The molecule has 0 aliphatic rings. The molecule has 0 saturated heterocycles. The standard InChI is InChI=1S/C27H28N.C14H26O2.Ir/c1-17-11-18(2)26-19(3)13-24(28-25(26)12-17)21-14-20-9-7-8-10-23(20)22(15-21)16-27(4,5)6;1-6-11(7-2)12(15)10-13(16)14(5,8-3)9-4;/h7-13,15H,16H2,1-6H3;10-11,15H,6-9H2,1-5H3;/q-1;;/b;12-10-;.